The van der Waals surface area contributed by atoms with Crippen molar-refractivity contribution in [3.8, 4) is 5.75 Å². The number of anilines is 1. The van der Waals surface area contributed by atoms with Crippen LogP contribution >= 0.6 is 34.9 Å². The van der Waals surface area contributed by atoms with Crippen LogP contribution in [0.25, 0.3) is 0 Å². The van der Waals surface area contributed by atoms with Crippen molar-refractivity contribution >= 4 is 46.5 Å². The molecule has 1 N–H and O–H groups in total. The van der Waals surface area contributed by atoms with Crippen LogP contribution in [0.1, 0.15) is 37.8 Å². The molecule has 1 atom stereocenters. The average Bonchev–Trinajstić information content (AvgIpc) is 3.20. The number of nitrogens with zero attached hydrogens (tertiary/aromatic N) is 2. The minimum absolute atomic E-state index is 0.0417. The molecule has 0 fully saturated rings. The molecule has 0 aliphatic rings. The lowest BCUT2D eigenvalue weighted by atomic mass is 10.0. The quantitative estimate of drug-likeness (QED) is 0.391. The number of thioether (sulfide) groups is 2. The summed E-state index contributed by atoms with van der Waals surface area (Å²) in [7, 11) is 1.66. The van der Waals surface area contributed by atoms with E-state index in [2.05, 4.69) is 41.5 Å². The molecule has 0 aliphatic heterocycles. The highest BCUT2D eigenvalue weighted by Crippen LogP contribution is 2.33. The van der Waals surface area contributed by atoms with Crippen LogP contribution in [0.5, 0.6) is 5.75 Å². The van der Waals surface area contributed by atoms with Crippen molar-refractivity contribution < 1.29 is 9.53 Å². The largest absolute Gasteiger partial charge is 0.497 e. The van der Waals surface area contributed by atoms with Gasteiger partial charge in [-0.15, -0.1) is 10.2 Å². The second-order valence-electron chi connectivity index (χ2n) is 7.00. The Bertz CT molecular complexity index is 957. The number of carbonyl (C=O) groups excluding carboxylic acids is 1. The van der Waals surface area contributed by atoms with Crippen LogP contribution in [0.15, 0.2) is 57.2 Å². The Morgan fingerprint density at radius 1 is 1.03 bits per heavy atom. The van der Waals surface area contributed by atoms with Crippen molar-refractivity contribution in [2.45, 2.75) is 46.4 Å². The second kappa shape index (κ2) is 10.8. The Balaban J connectivity index is 1.49. The fourth-order valence-electron chi connectivity index (χ4n) is 2.57. The molecule has 30 heavy (non-hydrogen) atoms. The van der Waals surface area contributed by atoms with Gasteiger partial charge in [-0.25, -0.2) is 0 Å². The van der Waals surface area contributed by atoms with Gasteiger partial charge >= 0.3 is 0 Å². The zero-order chi connectivity index (χ0) is 21.5. The first-order chi connectivity index (χ1) is 14.4. The van der Waals surface area contributed by atoms with Crippen molar-refractivity contribution in [1.29, 1.82) is 0 Å². The van der Waals surface area contributed by atoms with Gasteiger partial charge in [-0.2, -0.15) is 0 Å². The number of nitrogens with one attached hydrogen (secondary N) is 1. The standard InChI is InChI=1S/C22H25N3O2S3/c1-14(2)17-7-9-18(10-8-17)23-20(26)15(3)29-22-25-24-21(30-22)28-13-16-5-11-19(27-4)12-6-16/h5-12,14-15H,13H2,1-4H3,(H,23,26). The zero-order valence-electron chi connectivity index (χ0n) is 17.4. The van der Waals surface area contributed by atoms with Gasteiger partial charge in [0.1, 0.15) is 5.75 Å². The van der Waals surface area contributed by atoms with Gasteiger partial charge in [0.2, 0.25) is 5.91 Å². The molecule has 0 saturated heterocycles. The summed E-state index contributed by atoms with van der Waals surface area (Å²) in [4.78, 5) is 12.5. The summed E-state index contributed by atoms with van der Waals surface area (Å²) in [5.41, 5.74) is 3.26. The fraction of sp³-hybridized carbons (Fsp3) is 0.318. The molecule has 0 bridgehead atoms. The van der Waals surface area contributed by atoms with Crippen LogP contribution in [0.4, 0.5) is 5.69 Å². The lowest BCUT2D eigenvalue weighted by Crippen LogP contribution is -2.22. The van der Waals surface area contributed by atoms with E-state index < -0.39 is 0 Å². The van der Waals surface area contributed by atoms with Crippen LogP contribution in [-0.2, 0) is 10.5 Å². The first-order valence-electron chi connectivity index (χ1n) is 9.61. The van der Waals surface area contributed by atoms with Crippen LogP contribution in [0, 0.1) is 0 Å². The maximum Gasteiger partial charge on any atom is 0.237 e. The number of ether oxygens (including phenoxy) is 1. The number of methoxy groups -OCH3 is 1. The maximum absolute atomic E-state index is 12.5. The Morgan fingerprint density at radius 3 is 2.33 bits per heavy atom. The topological polar surface area (TPSA) is 64.1 Å². The number of hydrogen-bond donors (Lipinski definition) is 1. The van der Waals surface area contributed by atoms with E-state index in [1.54, 1.807) is 18.9 Å². The third kappa shape index (κ3) is 6.48. The minimum atomic E-state index is -0.262. The van der Waals surface area contributed by atoms with E-state index in [1.807, 2.05) is 43.3 Å². The van der Waals surface area contributed by atoms with Gasteiger partial charge in [0.05, 0.1) is 12.4 Å². The molecule has 8 heteroatoms. The van der Waals surface area contributed by atoms with Gasteiger partial charge in [-0.1, -0.05) is 73.0 Å². The normalized spacial score (nSPS) is 12.0. The first-order valence-corrected chi connectivity index (χ1v) is 12.3. The molecule has 0 spiro atoms. The van der Waals surface area contributed by atoms with E-state index in [4.69, 9.17) is 4.74 Å². The number of aromatic nitrogens is 2. The lowest BCUT2D eigenvalue weighted by Gasteiger charge is -2.11. The Kier molecular flexibility index (Phi) is 8.18. The molecule has 2 aromatic carbocycles. The molecule has 0 radical (unpaired) electrons. The maximum atomic E-state index is 12.5. The van der Waals surface area contributed by atoms with E-state index in [0.29, 0.717) is 5.92 Å². The first kappa shape index (κ1) is 22.7. The van der Waals surface area contributed by atoms with E-state index in [-0.39, 0.29) is 11.2 Å². The Morgan fingerprint density at radius 2 is 1.70 bits per heavy atom. The zero-order valence-corrected chi connectivity index (χ0v) is 19.9. The smallest absolute Gasteiger partial charge is 0.237 e. The molecule has 0 aliphatic carbocycles. The van der Waals surface area contributed by atoms with E-state index in [0.717, 1.165) is 25.9 Å². The summed E-state index contributed by atoms with van der Waals surface area (Å²) < 4.78 is 6.87. The molecule has 1 unspecified atom stereocenters. The molecule has 1 aromatic heterocycles. The van der Waals surface area contributed by atoms with Gasteiger partial charge in [0.25, 0.3) is 0 Å². The number of hydrogen-bond acceptors (Lipinski definition) is 7. The number of rotatable bonds is 9. The van der Waals surface area contributed by atoms with Gasteiger partial charge in [-0.05, 0) is 48.2 Å². The van der Waals surface area contributed by atoms with Crippen LogP contribution < -0.4 is 10.1 Å². The highest BCUT2D eigenvalue weighted by Gasteiger charge is 2.17. The third-order valence-corrected chi connectivity index (χ3v) is 7.71. The molecule has 3 aromatic rings. The average molecular weight is 460 g/mol. The molecular weight excluding hydrogens is 434 g/mol. The number of amides is 1. The van der Waals surface area contributed by atoms with Crippen molar-refractivity contribution in [3.05, 3.63) is 59.7 Å². The summed E-state index contributed by atoms with van der Waals surface area (Å²) >= 11 is 4.59. The monoisotopic (exact) mass is 459 g/mol. The van der Waals surface area contributed by atoms with E-state index in [1.165, 1.54) is 34.2 Å². The van der Waals surface area contributed by atoms with Gasteiger partial charge in [0, 0.05) is 11.4 Å². The van der Waals surface area contributed by atoms with Gasteiger partial charge in [-0.3, -0.25) is 4.79 Å². The van der Waals surface area contributed by atoms with Crippen LogP contribution in [0.3, 0.4) is 0 Å². The second-order valence-corrected chi connectivity index (χ2v) is 10.8. The highest BCUT2D eigenvalue weighted by atomic mass is 32.2. The van der Waals surface area contributed by atoms with Gasteiger partial charge < -0.3 is 10.1 Å². The minimum Gasteiger partial charge on any atom is -0.497 e. The van der Waals surface area contributed by atoms with Crippen molar-refractivity contribution in [3.63, 3.8) is 0 Å². The molecular formula is C22H25N3O2S3. The van der Waals surface area contributed by atoms with Gasteiger partial charge in [0.15, 0.2) is 8.68 Å². The van der Waals surface area contributed by atoms with Crippen molar-refractivity contribution in [2.24, 2.45) is 0 Å². The SMILES string of the molecule is COc1ccc(CSc2nnc(SC(C)C(=O)Nc3ccc(C(C)C)cc3)s2)cc1. The summed E-state index contributed by atoms with van der Waals surface area (Å²) in [6, 6.07) is 16.0. The summed E-state index contributed by atoms with van der Waals surface area (Å²) in [6.45, 7) is 6.18. The Labute approximate surface area is 190 Å². The van der Waals surface area contributed by atoms with Crippen LogP contribution in [0.2, 0.25) is 0 Å². The van der Waals surface area contributed by atoms with E-state index in [9.17, 15) is 4.79 Å². The molecule has 0 saturated carbocycles. The third-order valence-electron chi connectivity index (χ3n) is 4.40. The molecule has 1 amide bonds. The molecule has 5 nitrogen and oxygen atoms in total. The number of benzene rings is 2. The summed E-state index contributed by atoms with van der Waals surface area (Å²) in [5.74, 6) is 2.09. The summed E-state index contributed by atoms with van der Waals surface area (Å²) in [5, 5.41) is 11.2. The molecule has 158 valence electrons. The summed E-state index contributed by atoms with van der Waals surface area (Å²) in [6.07, 6.45) is 0. The van der Waals surface area contributed by atoms with Crippen molar-refractivity contribution in [1.82, 2.24) is 10.2 Å². The molecule has 1 heterocycles. The Hall–Kier alpha value is -2.03. The lowest BCUT2D eigenvalue weighted by molar-refractivity contribution is -0.115. The predicted octanol–water partition coefficient (Wildman–Crippen LogP) is 6.08. The van der Waals surface area contributed by atoms with Crippen molar-refractivity contribution in [2.75, 3.05) is 12.4 Å². The highest BCUT2D eigenvalue weighted by molar-refractivity contribution is 8.03. The fourth-order valence-corrected chi connectivity index (χ4v) is 5.69. The van der Waals surface area contributed by atoms with Crippen LogP contribution in [-0.4, -0.2) is 28.5 Å². The predicted molar refractivity (Wildman–Crippen MR) is 127 cm³/mol. The van der Waals surface area contributed by atoms with E-state index >= 15 is 0 Å². The molecule has 3 rings (SSSR count). The number of carbonyl (C=O) groups is 1.